The van der Waals surface area contributed by atoms with Crippen molar-refractivity contribution in [2.45, 2.75) is 30.6 Å². The summed E-state index contributed by atoms with van der Waals surface area (Å²) < 4.78 is 54.5. The first-order valence-electron chi connectivity index (χ1n) is 16.8. The van der Waals surface area contributed by atoms with Crippen molar-refractivity contribution in [3.05, 3.63) is 64.7 Å². The van der Waals surface area contributed by atoms with Crippen LogP contribution in [0.25, 0.3) is 0 Å². The molecule has 2 heterocycles. The lowest BCUT2D eigenvalue weighted by Gasteiger charge is -2.26. The highest BCUT2D eigenvalue weighted by Crippen LogP contribution is 2.48. The number of rotatable bonds is 15. The van der Waals surface area contributed by atoms with E-state index in [0.29, 0.717) is 56.4 Å². The number of morpholine rings is 1. The Kier molecular flexibility index (Phi) is 13.1. The number of carbonyl (C=O) groups is 4. The first-order valence-corrected chi connectivity index (χ1v) is 17.2. The van der Waals surface area contributed by atoms with E-state index < -0.39 is 60.6 Å². The minimum atomic E-state index is -4.64. The summed E-state index contributed by atoms with van der Waals surface area (Å²) in [6.45, 7) is 0.883. The first kappa shape index (κ1) is 39.9. The molecule has 2 aliphatic rings. The fourth-order valence-electron chi connectivity index (χ4n) is 5.22. The lowest BCUT2D eigenvalue weighted by atomic mass is 10.1. The van der Waals surface area contributed by atoms with Gasteiger partial charge in [-0.3, -0.25) is 19.3 Å². The quantitative estimate of drug-likeness (QED) is 0.130. The van der Waals surface area contributed by atoms with Gasteiger partial charge in [-0.1, -0.05) is 23.7 Å². The zero-order chi connectivity index (χ0) is 38.9. The number of amides is 3. The first-order chi connectivity index (χ1) is 25.7. The van der Waals surface area contributed by atoms with E-state index in [9.17, 15) is 32.3 Å². The Morgan fingerprint density at radius 2 is 1.65 bits per heavy atom. The number of hydrogen-bond donors (Lipinski definition) is 4. The number of carbonyl (C=O) groups excluding carboxylic acids is 4. The Morgan fingerprint density at radius 3 is 2.28 bits per heavy atom. The predicted octanol–water partition coefficient (Wildman–Crippen LogP) is 2.49. The van der Waals surface area contributed by atoms with E-state index in [0.717, 1.165) is 10.5 Å². The molecule has 1 aliphatic carbocycles. The molecule has 1 saturated heterocycles. The number of alkyl halides is 3. The molecule has 1 unspecified atom stereocenters. The van der Waals surface area contributed by atoms with E-state index >= 15 is 0 Å². The summed E-state index contributed by atoms with van der Waals surface area (Å²) in [5, 5.41) is 11.5. The molecule has 5 rings (SSSR count). The van der Waals surface area contributed by atoms with E-state index in [2.05, 4.69) is 36.2 Å². The number of esters is 1. The SMILES string of the molecule is CN(C)C(=O)C(=O)NCC(NC(=O)c1ccc(Nc2nc(NC3(c4ccc(Cl)cc4)CC3)nc(OCC(F)(F)F)n2)cc1)C(=O)OCCN1CCOCC1. The van der Waals surface area contributed by atoms with Crippen molar-refractivity contribution in [1.29, 1.82) is 0 Å². The normalized spacial score (nSPS) is 15.7. The van der Waals surface area contributed by atoms with Crippen LogP contribution >= 0.6 is 11.6 Å². The molecule has 290 valence electrons. The number of aromatic nitrogens is 3. The highest BCUT2D eigenvalue weighted by Gasteiger charge is 2.45. The number of likely N-dealkylation sites (N-methyl/N-ethyl adjacent to an activating group) is 1. The standard InChI is InChI=1S/C34H39ClF3N9O7/c1-46(2)28(50)27(49)39-19-25(29(51)53-18-15-47-13-16-52-17-14-47)41-26(48)21-3-9-24(10-4-21)40-30-42-31(44-32(43-30)54-20-34(36,37)38)45-33(11-12-33)22-5-7-23(35)8-6-22/h3-10,25H,11-20H2,1-2H3,(H,39,49)(H,41,48)(H2,40,42,43,44,45). The third kappa shape index (κ3) is 11.6. The van der Waals surface area contributed by atoms with Gasteiger partial charge in [0.25, 0.3) is 5.91 Å². The van der Waals surface area contributed by atoms with Crippen LogP contribution in [-0.4, -0.2) is 127 Å². The number of benzene rings is 2. The van der Waals surface area contributed by atoms with Gasteiger partial charge in [0.15, 0.2) is 6.61 Å². The van der Waals surface area contributed by atoms with Gasteiger partial charge in [0.1, 0.15) is 12.6 Å². The van der Waals surface area contributed by atoms with Crippen LogP contribution in [0.5, 0.6) is 6.01 Å². The summed E-state index contributed by atoms with van der Waals surface area (Å²) in [6, 6.07) is 11.0. The number of nitrogens with zero attached hydrogens (tertiary/aromatic N) is 5. The Bertz CT molecular complexity index is 1790. The van der Waals surface area contributed by atoms with Crippen LogP contribution in [0.4, 0.5) is 30.8 Å². The van der Waals surface area contributed by atoms with Gasteiger partial charge < -0.3 is 40.4 Å². The average molecular weight is 778 g/mol. The van der Waals surface area contributed by atoms with E-state index in [1.165, 1.54) is 38.4 Å². The maximum Gasteiger partial charge on any atom is 0.422 e. The molecule has 0 bridgehead atoms. The number of halogens is 4. The van der Waals surface area contributed by atoms with Crippen LogP contribution in [-0.2, 0) is 29.4 Å². The third-order valence-electron chi connectivity index (χ3n) is 8.29. The van der Waals surface area contributed by atoms with Crippen molar-refractivity contribution in [2.24, 2.45) is 0 Å². The molecule has 20 heteroatoms. The molecular weight excluding hydrogens is 739 g/mol. The van der Waals surface area contributed by atoms with Crippen molar-refractivity contribution < 1.29 is 46.6 Å². The highest BCUT2D eigenvalue weighted by molar-refractivity contribution is 6.34. The number of nitrogens with one attached hydrogen (secondary N) is 4. The molecule has 54 heavy (non-hydrogen) atoms. The van der Waals surface area contributed by atoms with Crippen molar-refractivity contribution in [1.82, 2.24) is 35.4 Å². The zero-order valence-corrected chi connectivity index (χ0v) is 30.1. The van der Waals surface area contributed by atoms with E-state index in [4.69, 9.17) is 25.8 Å². The Balaban J connectivity index is 1.26. The fraction of sp³-hybridized carbons (Fsp3) is 0.441. The van der Waals surface area contributed by atoms with Crippen molar-refractivity contribution in [3.63, 3.8) is 0 Å². The summed E-state index contributed by atoms with van der Waals surface area (Å²) in [7, 11) is 2.78. The topological polar surface area (TPSA) is 189 Å². The van der Waals surface area contributed by atoms with Gasteiger partial charge in [0, 0.05) is 56.5 Å². The molecule has 2 aromatic carbocycles. The molecule has 1 aliphatic heterocycles. The molecule has 16 nitrogen and oxygen atoms in total. The second-order valence-electron chi connectivity index (χ2n) is 12.6. The largest absolute Gasteiger partial charge is 0.463 e. The molecule has 3 amide bonds. The monoisotopic (exact) mass is 777 g/mol. The van der Waals surface area contributed by atoms with E-state index in [-0.39, 0.29) is 24.1 Å². The summed E-state index contributed by atoms with van der Waals surface area (Å²) >= 11 is 6.03. The minimum absolute atomic E-state index is 0.0233. The van der Waals surface area contributed by atoms with Crippen LogP contribution in [0.2, 0.25) is 5.02 Å². The molecule has 0 radical (unpaired) electrons. The molecule has 1 saturated carbocycles. The zero-order valence-electron chi connectivity index (χ0n) is 29.4. The van der Waals surface area contributed by atoms with Gasteiger partial charge in [-0.25, -0.2) is 4.79 Å². The van der Waals surface area contributed by atoms with E-state index in [1.807, 2.05) is 17.0 Å². The molecule has 0 spiro atoms. The summed E-state index contributed by atoms with van der Waals surface area (Å²) in [5.74, 6) is -3.52. The van der Waals surface area contributed by atoms with Crippen molar-refractivity contribution in [3.8, 4) is 6.01 Å². The third-order valence-corrected chi connectivity index (χ3v) is 8.55. The smallest absolute Gasteiger partial charge is 0.422 e. The van der Waals surface area contributed by atoms with Crippen LogP contribution < -0.4 is 26.0 Å². The minimum Gasteiger partial charge on any atom is -0.463 e. The predicted molar refractivity (Wildman–Crippen MR) is 188 cm³/mol. The van der Waals surface area contributed by atoms with Crippen LogP contribution in [0.1, 0.15) is 28.8 Å². The Morgan fingerprint density at radius 1 is 0.981 bits per heavy atom. The molecule has 1 aromatic heterocycles. The molecular formula is C34H39ClF3N9O7. The van der Waals surface area contributed by atoms with Crippen LogP contribution in [0.3, 0.4) is 0 Å². The van der Waals surface area contributed by atoms with Crippen molar-refractivity contribution in [2.75, 3.05) is 77.3 Å². The lowest BCUT2D eigenvalue weighted by Crippen LogP contribution is -2.51. The Labute approximate surface area is 313 Å². The lowest BCUT2D eigenvalue weighted by molar-refractivity contribution is -0.154. The second-order valence-corrected chi connectivity index (χ2v) is 13.1. The average Bonchev–Trinajstić information content (AvgIpc) is 3.92. The van der Waals surface area contributed by atoms with E-state index in [1.54, 1.807) is 12.1 Å². The maximum atomic E-state index is 13.2. The van der Waals surface area contributed by atoms with Gasteiger partial charge >= 0.3 is 30.0 Å². The van der Waals surface area contributed by atoms with Crippen LogP contribution in [0, 0.1) is 0 Å². The van der Waals surface area contributed by atoms with Gasteiger partial charge in [-0.15, -0.1) is 0 Å². The summed E-state index contributed by atoms with van der Waals surface area (Å²) in [4.78, 5) is 66.1. The number of ether oxygens (including phenoxy) is 3. The van der Waals surface area contributed by atoms with Gasteiger partial charge in [-0.05, 0) is 54.8 Å². The summed E-state index contributed by atoms with van der Waals surface area (Å²) in [5.41, 5.74) is 0.782. The molecule has 4 N–H and O–H groups in total. The number of hydrogen-bond acceptors (Lipinski definition) is 13. The number of anilines is 3. The van der Waals surface area contributed by atoms with Crippen molar-refractivity contribution >= 4 is 52.9 Å². The molecule has 3 aromatic rings. The Hall–Kier alpha value is -5.27. The summed E-state index contributed by atoms with van der Waals surface area (Å²) in [6.07, 6.45) is -3.23. The van der Waals surface area contributed by atoms with Gasteiger partial charge in [0.05, 0.1) is 18.8 Å². The maximum absolute atomic E-state index is 13.2. The van der Waals surface area contributed by atoms with Gasteiger partial charge in [-0.2, -0.15) is 28.1 Å². The molecule has 1 atom stereocenters. The van der Waals surface area contributed by atoms with Gasteiger partial charge in [0.2, 0.25) is 11.9 Å². The fourth-order valence-corrected chi connectivity index (χ4v) is 5.34. The molecule has 2 fully saturated rings. The highest BCUT2D eigenvalue weighted by atomic mass is 35.5. The van der Waals surface area contributed by atoms with Crippen LogP contribution in [0.15, 0.2) is 48.5 Å². The second kappa shape index (κ2) is 17.7.